The molecule has 0 bridgehead atoms. The molecule has 2 saturated carbocycles. The summed E-state index contributed by atoms with van der Waals surface area (Å²) in [7, 11) is -2.67. The van der Waals surface area contributed by atoms with Crippen LogP contribution in [0.25, 0.3) is 0 Å². The van der Waals surface area contributed by atoms with Gasteiger partial charge in [-0.2, -0.15) is 0 Å². The lowest BCUT2D eigenvalue weighted by molar-refractivity contribution is -0.153. The lowest BCUT2D eigenvalue weighted by Crippen LogP contribution is -2.60. The fourth-order valence-electron chi connectivity index (χ4n) is 7.27. The number of ether oxygens (including phenoxy) is 3. The molecule has 3 N–H and O–H groups in total. The largest absolute Gasteiger partial charge is 0.452 e. The van der Waals surface area contributed by atoms with E-state index in [1.165, 1.54) is 30.2 Å². The molecule has 310 valence electrons. The number of likely N-dealkylation sites (N-methyl/N-ethyl adjacent to an activating group) is 1. The van der Waals surface area contributed by atoms with Crippen molar-refractivity contribution >= 4 is 51.8 Å². The molecule has 0 aromatic heterocycles. The van der Waals surface area contributed by atoms with E-state index in [0.29, 0.717) is 24.0 Å². The molecule has 3 heterocycles. The van der Waals surface area contributed by atoms with Crippen LogP contribution in [-0.4, -0.2) is 126 Å². The number of nitrogens with zero attached hydrogens (tertiary/aromatic N) is 3. The highest BCUT2D eigenvalue weighted by Gasteiger charge is 2.62. The van der Waals surface area contributed by atoms with Crippen LogP contribution in [0.2, 0.25) is 0 Å². The molecule has 6 rings (SSSR count). The monoisotopic (exact) mass is 818 g/mol. The number of nitrogens with one attached hydrogen (secondary N) is 3. The van der Waals surface area contributed by atoms with E-state index in [2.05, 4.69) is 21.9 Å². The normalized spacial score (nSPS) is 25.7. The van der Waals surface area contributed by atoms with Crippen molar-refractivity contribution in [1.29, 1.82) is 0 Å². The molecule has 1 aromatic rings. The third-order valence-electron chi connectivity index (χ3n) is 10.5. The molecule has 18 nitrogen and oxygen atoms in total. The Morgan fingerprint density at radius 2 is 1.86 bits per heavy atom. The van der Waals surface area contributed by atoms with Crippen LogP contribution in [0.1, 0.15) is 70.4 Å². The Kier molecular flexibility index (Phi) is 11.3. The SMILES string of the molecule is C=CC1C[C@]1(NC(=O)[C@@H]1CC(OC(=O)N2Cc3cccc(F)c3C2)CN1C(=O)[C@H](CN(C)C(=O)[C@@H]1CCC(=O)O1)NC(=O)OC(C)(C)C)C(=O)NS(=O)(=O)C1CC1. The average molecular weight is 819 g/mol. The molecule has 0 spiro atoms. The summed E-state index contributed by atoms with van der Waals surface area (Å²) in [5.41, 5.74) is -1.80. The van der Waals surface area contributed by atoms with Crippen LogP contribution in [0.4, 0.5) is 14.0 Å². The maximum Gasteiger partial charge on any atom is 0.410 e. The molecular weight excluding hydrogens is 772 g/mol. The van der Waals surface area contributed by atoms with Gasteiger partial charge in [-0.1, -0.05) is 18.2 Å². The van der Waals surface area contributed by atoms with Crippen LogP contribution in [0.5, 0.6) is 0 Å². The van der Waals surface area contributed by atoms with Gasteiger partial charge >= 0.3 is 18.2 Å². The predicted octanol–water partition coefficient (Wildman–Crippen LogP) is 0.974. The van der Waals surface area contributed by atoms with Gasteiger partial charge in [0, 0.05) is 50.9 Å². The number of carbonyl (C=O) groups is 7. The second kappa shape index (κ2) is 15.6. The summed E-state index contributed by atoms with van der Waals surface area (Å²) in [6.07, 6.45) is -2.09. The van der Waals surface area contributed by atoms with Gasteiger partial charge in [0.2, 0.25) is 21.8 Å². The van der Waals surface area contributed by atoms with E-state index in [1.54, 1.807) is 26.8 Å². The van der Waals surface area contributed by atoms with Crippen LogP contribution in [0, 0.1) is 11.7 Å². The zero-order valence-corrected chi connectivity index (χ0v) is 32.9. The minimum Gasteiger partial charge on any atom is -0.452 e. The number of amides is 6. The van der Waals surface area contributed by atoms with Gasteiger partial charge in [-0.3, -0.25) is 33.6 Å². The first-order valence-electron chi connectivity index (χ1n) is 18.7. The maximum absolute atomic E-state index is 14.6. The van der Waals surface area contributed by atoms with Gasteiger partial charge < -0.3 is 34.6 Å². The lowest BCUT2D eigenvalue weighted by atomic mass is 10.1. The van der Waals surface area contributed by atoms with E-state index in [1.807, 2.05) is 0 Å². The minimum absolute atomic E-state index is 0.0148. The van der Waals surface area contributed by atoms with Gasteiger partial charge in [-0.05, 0) is 51.7 Å². The average Bonchev–Trinajstić information content (AvgIpc) is 3.95. The topological polar surface area (TPSA) is 227 Å². The first-order chi connectivity index (χ1) is 26.7. The highest BCUT2D eigenvalue weighted by molar-refractivity contribution is 7.91. The first-order valence-corrected chi connectivity index (χ1v) is 20.2. The van der Waals surface area contributed by atoms with E-state index in [4.69, 9.17) is 14.2 Å². The number of benzene rings is 1. The molecule has 57 heavy (non-hydrogen) atoms. The summed E-state index contributed by atoms with van der Waals surface area (Å²) in [5, 5.41) is 4.38. The number of halogens is 1. The zero-order chi connectivity index (χ0) is 41.6. The second-order valence-corrected chi connectivity index (χ2v) is 18.1. The van der Waals surface area contributed by atoms with E-state index < -0.39 is 111 Å². The number of likely N-dealkylation sites (tertiary alicyclic amines) is 1. The van der Waals surface area contributed by atoms with E-state index in [0.717, 1.165) is 9.80 Å². The third-order valence-corrected chi connectivity index (χ3v) is 12.3. The molecule has 5 aliphatic rings. The Hall–Kier alpha value is -5.27. The van der Waals surface area contributed by atoms with Crippen molar-refractivity contribution in [3.63, 3.8) is 0 Å². The number of hydrogen-bond donors (Lipinski definition) is 3. The van der Waals surface area contributed by atoms with Crippen LogP contribution in [0.3, 0.4) is 0 Å². The van der Waals surface area contributed by atoms with Gasteiger partial charge in [-0.25, -0.2) is 22.4 Å². The quantitative estimate of drug-likeness (QED) is 0.152. The fourth-order valence-corrected chi connectivity index (χ4v) is 8.63. The van der Waals surface area contributed by atoms with Crippen LogP contribution in [0.15, 0.2) is 30.9 Å². The Morgan fingerprint density at radius 3 is 2.46 bits per heavy atom. The van der Waals surface area contributed by atoms with Gasteiger partial charge in [0.25, 0.3) is 11.8 Å². The van der Waals surface area contributed by atoms with Gasteiger partial charge in [0.1, 0.15) is 35.1 Å². The molecule has 3 aliphatic heterocycles. The standard InChI is InChI=1S/C37H47FN6O12S/c1-6-21-15-37(21,33(49)41-57(52,53)23-10-11-23)40-30(46)27-14-22(54-35(51)43-16-20-8-7-9-25(38)24(20)18-43)17-44(27)31(47)26(39-34(50)56-36(2,3)4)19-42(5)32(48)28-12-13-29(45)55-28/h6-9,21-23,26-28H,1,10-19H2,2-5H3,(H,39,50)(H,40,46)(H,41,49)/t21?,22?,26-,27-,28-,37+/m0/s1. The van der Waals surface area contributed by atoms with Crippen molar-refractivity contribution < 1.29 is 60.6 Å². The second-order valence-electron chi connectivity index (χ2n) is 16.1. The smallest absolute Gasteiger partial charge is 0.410 e. The molecule has 0 radical (unpaired) electrons. The summed E-state index contributed by atoms with van der Waals surface area (Å²) < 4.78 is 58.2. The van der Waals surface area contributed by atoms with Crippen LogP contribution < -0.4 is 15.4 Å². The summed E-state index contributed by atoms with van der Waals surface area (Å²) in [6.45, 7) is 7.60. The molecule has 2 aliphatic carbocycles. The molecule has 6 atom stereocenters. The summed E-state index contributed by atoms with van der Waals surface area (Å²) in [4.78, 5) is 97.1. The van der Waals surface area contributed by atoms with Crippen molar-refractivity contribution in [2.24, 2.45) is 5.92 Å². The van der Waals surface area contributed by atoms with Crippen molar-refractivity contribution in [2.75, 3.05) is 20.1 Å². The molecule has 20 heteroatoms. The Morgan fingerprint density at radius 1 is 1.14 bits per heavy atom. The number of alkyl carbamates (subject to hydrolysis) is 1. The summed E-state index contributed by atoms with van der Waals surface area (Å²) >= 11 is 0. The maximum atomic E-state index is 14.6. The number of rotatable bonds is 12. The zero-order valence-electron chi connectivity index (χ0n) is 32.1. The summed E-state index contributed by atoms with van der Waals surface area (Å²) in [6, 6.07) is 1.46. The first kappa shape index (κ1) is 41.4. The number of hydrogen-bond acceptors (Lipinski definition) is 12. The number of sulfonamides is 1. The highest BCUT2D eigenvalue weighted by atomic mass is 32.2. The lowest BCUT2D eigenvalue weighted by Gasteiger charge is -2.32. The molecule has 4 fully saturated rings. The number of fused-ring (bicyclic) bond motifs is 1. The van der Waals surface area contributed by atoms with Crippen LogP contribution in [-0.2, 0) is 61.3 Å². The predicted molar refractivity (Wildman–Crippen MR) is 195 cm³/mol. The van der Waals surface area contributed by atoms with Crippen molar-refractivity contribution in [2.45, 2.75) is 113 Å². The van der Waals surface area contributed by atoms with E-state index in [9.17, 15) is 46.4 Å². The Balaban J connectivity index is 1.25. The molecule has 6 amide bonds. The third kappa shape index (κ3) is 9.15. The number of cyclic esters (lactones) is 1. The van der Waals surface area contributed by atoms with E-state index in [-0.39, 0.29) is 45.3 Å². The van der Waals surface area contributed by atoms with Crippen molar-refractivity contribution in [3.8, 4) is 0 Å². The van der Waals surface area contributed by atoms with E-state index >= 15 is 0 Å². The number of esters is 1. The summed E-state index contributed by atoms with van der Waals surface area (Å²) in [5.74, 6) is -5.11. The molecule has 2 unspecified atom stereocenters. The van der Waals surface area contributed by atoms with Crippen molar-refractivity contribution in [3.05, 3.63) is 47.8 Å². The van der Waals surface area contributed by atoms with Gasteiger partial charge in [-0.15, -0.1) is 6.58 Å². The highest BCUT2D eigenvalue weighted by Crippen LogP contribution is 2.45. The fraction of sp³-hybridized carbons (Fsp3) is 0.595. The van der Waals surface area contributed by atoms with Crippen molar-refractivity contribution in [1.82, 2.24) is 30.1 Å². The Labute approximate surface area is 328 Å². The molecule has 1 aromatic carbocycles. The minimum atomic E-state index is -4.00. The number of carbonyl (C=O) groups excluding carboxylic acids is 7. The van der Waals surface area contributed by atoms with Gasteiger partial charge in [0.05, 0.1) is 18.3 Å². The van der Waals surface area contributed by atoms with Gasteiger partial charge in [0.15, 0.2) is 6.10 Å². The van der Waals surface area contributed by atoms with Crippen LogP contribution >= 0.6 is 0 Å². The molecular formula is C37H47FN6O12S. The molecule has 2 saturated heterocycles. The Bertz CT molecular complexity index is 1990.